The summed E-state index contributed by atoms with van der Waals surface area (Å²) in [6.07, 6.45) is 0. The molecule has 0 aliphatic rings. The van der Waals surface area contributed by atoms with E-state index < -0.39 is 17.6 Å². The van der Waals surface area contributed by atoms with Crippen LogP contribution in [-0.4, -0.2) is 41.8 Å². The molecule has 1 aromatic rings. The zero-order valence-electron chi connectivity index (χ0n) is 13.0. The lowest BCUT2D eigenvalue weighted by molar-refractivity contribution is -0.148. The van der Waals surface area contributed by atoms with Gasteiger partial charge in [0, 0.05) is 6.54 Å². The number of nitrogens with zero attached hydrogens (tertiary/aromatic N) is 2. The van der Waals surface area contributed by atoms with E-state index in [4.69, 9.17) is 10.00 Å². The van der Waals surface area contributed by atoms with Gasteiger partial charge < -0.3 is 9.84 Å². The summed E-state index contributed by atoms with van der Waals surface area (Å²) in [5.74, 6) is -0.406. The molecular formula is C16H22N2O3. The second-order valence-electron chi connectivity index (χ2n) is 5.54. The largest absolute Gasteiger partial charge is 0.468 e. The lowest BCUT2D eigenvalue weighted by Crippen LogP contribution is -2.43. The molecule has 21 heavy (non-hydrogen) atoms. The molecule has 5 heteroatoms. The lowest BCUT2D eigenvalue weighted by atomic mass is 10.0. The van der Waals surface area contributed by atoms with Crippen LogP contribution in [0.4, 0.5) is 0 Å². The predicted molar refractivity (Wildman–Crippen MR) is 79.5 cm³/mol. The van der Waals surface area contributed by atoms with Crippen molar-refractivity contribution in [3.05, 3.63) is 35.4 Å². The van der Waals surface area contributed by atoms with Gasteiger partial charge in [-0.2, -0.15) is 5.26 Å². The van der Waals surface area contributed by atoms with Gasteiger partial charge in [-0.1, -0.05) is 19.1 Å². The lowest BCUT2D eigenvalue weighted by Gasteiger charge is -2.33. The molecule has 0 bridgehead atoms. The molecule has 0 aliphatic heterocycles. The van der Waals surface area contributed by atoms with E-state index in [0.29, 0.717) is 24.2 Å². The standard InChI is InChI=1S/C16H22N2O3/c1-5-18(11-16(2,3)20)14(15(19)21-4)13-8-6-7-12(9-13)10-17/h6-9,14,20H,5,11H2,1-4H3. The number of hydrogen-bond acceptors (Lipinski definition) is 5. The van der Waals surface area contributed by atoms with Crippen molar-refractivity contribution in [2.45, 2.75) is 32.4 Å². The molecule has 1 N–H and O–H groups in total. The van der Waals surface area contributed by atoms with Gasteiger partial charge in [-0.25, -0.2) is 4.79 Å². The molecule has 0 aliphatic carbocycles. The highest BCUT2D eigenvalue weighted by molar-refractivity contribution is 5.77. The van der Waals surface area contributed by atoms with Gasteiger partial charge in [0.1, 0.15) is 6.04 Å². The number of benzene rings is 1. The molecule has 0 heterocycles. The van der Waals surface area contributed by atoms with Crippen molar-refractivity contribution in [1.29, 1.82) is 5.26 Å². The van der Waals surface area contributed by atoms with E-state index in [1.165, 1.54) is 7.11 Å². The minimum absolute atomic E-state index is 0.319. The topological polar surface area (TPSA) is 73.6 Å². The summed E-state index contributed by atoms with van der Waals surface area (Å²) in [7, 11) is 1.33. The van der Waals surface area contributed by atoms with E-state index >= 15 is 0 Å². The van der Waals surface area contributed by atoms with Gasteiger partial charge in [0.25, 0.3) is 0 Å². The van der Waals surface area contributed by atoms with Gasteiger partial charge in [-0.15, -0.1) is 0 Å². The van der Waals surface area contributed by atoms with Crippen molar-refractivity contribution < 1.29 is 14.6 Å². The van der Waals surface area contributed by atoms with E-state index in [1.807, 2.05) is 11.8 Å². The fourth-order valence-corrected chi connectivity index (χ4v) is 2.27. The Hall–Kier alpha value is -1.90. The molecule has 0 spiro atoms. The first-order valence-corrected chi connectivity index (χ1v) is 6.86. The van der Waals surface area contributed by atoms with Crippen molar-refractivity contribution in [1.82, 2.24) is 4.90 Å². The van der Waals surface area contributed by atoms with Crippen LogP contribution < -0.4 is 0 Å². The third-order valence-corrected chi connectivity index (χ3v) is 3.12. The molecule has 0 saturated carbocycles. The van der Waals surface area contributed by atoms with Crippen LogP contribution in [0.3, 0.4) is 0 Å². The minimum atomic E-state index is -0.935. The summed E-state index contributed by atoms with van der Waals surface area (Å²) < 4.78 is 4.89. The van der Waals surface area contributed by atoms with Crippen LogP contribution in [0.25, 0.3) is 0 Å². The van der Waals surface area contributed by atoms with E-state index in [-0.39, 0.29) is 0 Å². The highest BCUT2D eigenvalue weighted by Crippen LogP contribution is 2.24. The Morgan fingerprint density at radius 2 is 2.19 bits per heavy atom. The molecule has 1 aromatic carbocycles. The average Bonchev–Trinajstić information content (AvgIpc) is 2.45. The van der Waals surface area contributed by atoms with E-state index in [0.717, 1.165) is 0 Å². The molecule has 1 unspecified atom stereocenters. The van der Waals surface area contributed by atoms with E-state index in [9.17, 15) is 9.90 Å². The van der Waals surface area contributed by atoms with Gasteiger partial charge >= 0.3 is 5.97 Å². The highest BCUT2D eigenvalue weighted by Gasteiger charge is 2.31. The molecule has 0 saturated heterocycles. The number of methoxy groups -OCH3 is 1. The Morgan fingerprint density at radius 3 is 2.67 bits per heavy atom. The van der Waals surface area contributed by atoms with Gasteiger partial charge in [0.2, 0.25) is 0 Å². The molecule has 0 fully saturated rings. The maximum absolute atomic E-state index is 12.2. The third kappa shape index (κ3) is 4.85. The van der Waals surface area contributed by atoms with Crippen LogP contribution >= 0.6 is 0 Å². The van der Waals surface area contributed by atoms with Crippen LogP contribution in [0, 0.1) is 11.3 Å². The van der Waals surface area contributed by atoms with Gasteiger partial charge in [0.05, 0.1) is 24.3 Å². The van der Waals surface area contributed by atoms with Crippen molar-refractivity contribution in [2.24, 2.45) is 0 Å². The number of likely N-dealkylation sites (N-methyl/N-ethyl adjacent to an activating group) is 1. The summed E-state index contributed by atoms with van der Waals surface area (Å²) in [5, 5.41) is 19.0. The maximum Gasteiger partial charge on any atom is 0.327 e. The molecule has 0 aromatic heterocycles. The Balaban J connectivity index is 3.21. The predicted octanol–water partition coefficient (Wildman–Crippen LogP) is 1.87. The van der Waals surface area contributed by atoms with Crippen molar-refractivity contribution in [2.75, 3.05) is 20.2 Å². The molecule has 1 atom stereocenters. The number of carbonyl (C=O) groups is 1. The average molecular weight is 290 g/mol. The first kappa shape index (κ1) is 17.2. The quantitative estimate of drug-likeness (QED) is 0.810. The Labute approximate surface area is 125 Å². The van der Waals surface area contributed by atoms with Gasteiger partial charge in [-0.05, 0) is 38.1 Å². The smallest absolute Gasteiger partial charge is 0.327 e. The normalized spacial score (nSPS) is 12.8. The molecule has 1 rings (SSSR count). The highest BCUT2D eigenvalue weighted by atomic mass is 16.5. The van der Waals surface area contributed by atoms with Crippen molar-refractivity contribution >= 4 is 5.97 Å². The Bertz CT molecular complexity index is 529. The zero-order valence-corrected chi connectivity index (χ0v) is 13.0. The molecule has 0 radical (unpaired) electrons. The SMILES string of the molecule is CCN(CC(C)(C)O)C(C(=O)OC)c1cccc(C#N)c1. The number of hydrogen-bond donors (Lipinski definition) is 1. The Morgan fingerprint density at radius 1 is 1.52 bits per heavy atom. The zero-order chi connectivity index (χ0) is 16.0. The number of esters is 1. The summed E-state index contributed by atoms with van der Waals surface area (Å²) in [6.45, 7) is 6.18. The summed E-state index contributed by atoms with van der Waals surface area (Å²) in [5.41, 5.74) is 0.238. The molecular weight excluding hydrogens is 268 g/mol. The minimum Gasteiger partial charge on any atom is -0.468 e. The van der Waals surface area contributed by atoms with Gasteiger partial charge in [-0.3, -0.25) is 4.90 Å². The van der Waals surface area contributed by atoms with Crippen LogP contribution in [0.1, 0.15) is 37.9 Å². The number of ether oxygens (including phenoxy) is 1. The fraction of sp³-hybridized carbons (Fsp3) is 0.500. The number of rotatable bonds is 6. The summed E-state index contributed by atoms with van der Waals surface area (Å²) >= 11 is 0. The van der Waals surface area contributed by atoms with Crippen LogP contribution in [0.15, 0.2) is 24.3 Å². The first-order valence-electron chi connectivity index (χ1n) is 6.86. The van der Waals surface area contributed by atoms with Gasteiger partial charge in [0.15, 0.2) is 0 Å². The van der Waals surface area contributed by atoms with Crippen LogP contribution in [0.2, 0.25) is 0 Å². The maximum atomic E-state index is 12.2. The second-order valence-corrected chi connectivity index (χ2v) is 5.54. The summed E-state index contributed by atoms with van der Waals surface area (Å²) in [6, 6.07) is 8.31. The van der Waals surface area contributed by atoms with Crippen LogP contribution in [0.5, 0.6) is 0 Å². The number of aliphatic hydroxyl groups is 1. The fourth-order valence-electron chi connectivity index (χ4n) is 2.27. The molecule has 5 nitrogen and oxygen atoms in total. The Kier molecular flexibility index (Phi) is 5.89. The number of nitriles is 1. The number of carbonyl (C=O) groups excluding carboxylic acids is 1. The monoisotopic (exact) mass is 290 g/mol. The molecule has 0 amide bonds. The van der Waals surface area contributed by atoms with Crippen molar-refractivity contribution in [3.8, 4) is 6.07 Å². The van der Waals surface area contributed by atoms with E-state index in [1.54, 1.807) is 38.1 Å². The molecule has 114 valence electrons. The third-order valence-electron chi connectivity index (χ3n) is 3.12. The van der Waals surface area contributed by atoms with E-state index in [2.05, 4.69) is 6.07 Å². The first-order chi connectivity index (χ1) is 9.82. The second kappa shape index (κ2) is 7.21. The summed E-state index contributed by atoms with van der Waals surface area (Å²) in [4.78, 5) is 14.0. The van der Waals surface area contributed by atoms with Crippen LogP contribution in [-0.2, 0) is 9.53 Å². The van der Waals surface area contributed by atoms with Crippen molar-refractivity contribution in [3.63, 3.8) is 0 Å².